The molecule has 7 heteroatoms. The van der Waals surface area contributed by atoms with Crippen molar-refractivity contribution in [3.8, 4) is 0 Å². The van der Waals surface area contributed by atoms with E-state index in [1.54, 1.807) is 12.1 Å². The number of hydrogen-bond acceptors (Lipinski definition) is 4. The van der Waals surface area contributed by atoms with Crippen molar-refractivity contribution in [3.63, 3.8) is 0 Å². The third-order valence-corrected chi connectivity index (χ3v) is 2.78. The number of rotatable bonds is 2. The highest BCUT2D eigenvalue weighted by Gasteiger charge is 2.16. The number of anilines is 1. The minimum absolute atomic E-state index is 0.0307. The normalized spacial score (nSPS) is 11.1. The quantitative estimate of drug-likeness (QED) is 0.762. The first-order valence-corrected chi connectivity index (χ1v) is 5.53. The first kappa shape index (κ1) is 11.5. The number of hydrogen-bond donors (Lipinski definition) is 1. The lowest BCUT2D eigenvalue weighted by molar-refractivity contribution is 0.512. The van der Waals surface area contributed by atoms with Crippen LogP contribution in [0.3, 0.4) is 0 Å². The molecule has 0 saturated heterocycles. The van der Waals surface area contributed by atoms with Gasteiger partial charge >= 0.3 is 0 Å². The van der Waals surface area contributed by atoms with E-state index in [4.69, 9.17) is 5.73 Å². The first-order valence-electron chi connectivity index (χ1n) is 5.53. The number of aromatic nitrogens is 4. The number of nitrogen functional groups attached to an aromatic ring is 1. The standard InChI is InChI=1S/C12H9F2N5/c13-8-3-4-9-11(10(8)14)19(12(15)17-9)6-7-2-1-5-16-18-7/h1-5H,6H2,(H2,15,17). The molecule has 0 fully saturated rings. The molecule has 19 heavy (non-hydrogen) atoms. The first-order chi connectivity index (χ1) is 9.16. The molecule has 0 aliphatic heterocycles. The summed E-state index contributed by atoms with van der Waals surface area (Å²) >= 11 is 0. The van der Waals surface area contributed by atoms with E-state index >= 15 is 0 Å². The minimum atomic E-state index is -0.967. The monoisotopic (exact) mass is 261 g/mol. The molecule has 0 radical (unpaired) electrons. The summed E-state index contributed by atoms with van der Waals surface area (Å²) in [5, 5.41) is 7.61. The number of halogens is 2. The van der Waals surface area contributed by atoms with E-state index in [0.717, 1.165) is 6.07 Å². The molecule has 0 amide bonds. The lowest BCUT2D eigenvalue weighted by Crippen LogP contribution is -2.07. The Labute approximate surface area is 106 Å². The number of nitrogens with two attached hydrogens (primary N) is 1. The fourth-order valence-electron chi connectivity index (χ4n) is 1.91. The SMILES string of the molecule is Nc1nc2ccc(F)c(F)c2n1Cc1cccnn1. The van der Waals surface area contributed by atoms with Crippen molar-refractivity contribution in [3.05, 3.63) is 47.8 Å². The van der Waals surface area contributed by atoms with Gasteiger partial charge in [0.15, 0.2) is 11.6 Å². The van der Waals surface area contributed by atoms with Crippen LogP contribution in [0.5, 0.6) is 0 Å². The Morgan fingerprint density at radius 2 is 2.05 bits per heavy atom. The van der Waals surface area contributed by atoms with Crippen LogP contribution in [0.15, 0.2) is 30.5 Å². The van der Waals surface area contributed by atoms with Gasteiger partial charge in [-0.05, 0) is 24.3 Å². The molecule has 5 nitrogen and oxygen atoms in total. The van der Waals surface area contributed by atoms with Gasteiger partial charge in [-0.1, -0.05) is 0 Å². The van der Waals surface area contributed by atoms with Crippen molar-refractivity contribution in [2.75, 3.05) is 5.73 Å². The summed E-state index contributed by atoms with van der Waals surface area (Å²) < 4.78 is 28.5. The van der Waals surface area contributed by atoms with Crippen LogP contribution in [-0.4, -0.2) is 19.7 Å². The molecule has 2 heterocycles. The summed E-state index contributed by atoms with van der Waals surface area (Å²) in [5.74, 6) is -1.80. The second-order valence-corrected chi connectivity index (χ2v) is 4.00. The molecule has 0 bridgehead atoms. The van der Waals surface area contributed by atoms with Gasteiger partial charge in [-0.3, -0.25) is 0 Å². The van der Waals surface area contributed by atoms with Gasteiger partial charge in [0, 0.05) is 6.20 Å². The van der Waals surface area contributed by atoms with Crippen molar-refractivity contribution in [1.29, 1.82) is 0 Å². The molecule has 0 aliphatic carbocycles. The van der Waals surface area contributed by atoms with Crippen LogP contribution >= 0.6 is 0 Å². The Kier molecular flexibility index (Phi) is 2.59. The van der Waals surface area contributed by atoms with E-state index in [-0.39, 0.29) is 18.0 Å². The van der Waals surface area contributed by atoms with Crippen molar-refractivity contribution in [2.45, 2.75) is 6.54 Å². The van der Waals surface area contributed by atoms with Gasteiger partial charge in [0.1, 0.15) is 5.52 Å². The fourth-order valence-corrected chi connectivity index (χ4v) is 1.91. The molecule has 3 rings (SSSR count). The predicted molar refractivity (Wildman–Crippen MR) is 65.2 cm³/mol. The van der Waals surface area contributed by atoms with Gasteiger partial charge in [-0.2, -0.15) is 10.2 Å². The van der Waals surface area contributed by atoms with E-state index < -0.39 is 11.6 Å². The van der Waals surface area contributed by atoms with Gasteiger partial charge in [-0.15, -0.1) is 0 Å². The molecule has 1 aromatic carbocycles. The fraction of sp³-hybridized carbons (Fsp3) is 0.0833. The molecule has 0 atom stereocenters. The van der Waals surface area contributed by atoms with Crippen LogP contribution in [0.4, 0.5) is 14.7 Å². The van der Waals surface area contributed by atoms with E-state index in [1.165, 1.54) is 16.8 Å². The Balaban J connectivity index is 2.18. The molecule has 0 aliphatic rings. The average Bonchev–Trinajstić information content (AvgIpc) is 2.73. The molecule has 0 saturated carbocycles. The molecule has 2 N–H and O–H groups in total. The van der Waals surface area contributed by atoms with Crippen LogP contribution < -0.4 is 5.73 Å². The third-order valence-electron chi connectivity index (χ3n) is 2.78. The molecule has 0 unspecified atom stereocenters. The summed E-state index contributed by atoms with van der Waals surface area (Å²) in [7, 11) is 0. The minimum Gasteiger partial charge on any atom is -0.369 e. The predicted octanol–water partition coefficient (Wildman–Crippen LogP) is 1.73. The summed E-state index contributed by atoms with van der Waals surface area (Å²) in [6, 6.07) is 5.83. The summed E-state index contributed by atoms with van der Waals surface area (Å²) in [6.45, 7) is 0.177. The lowest BCUT2D eigenvalue weighted by atomic mass is 10.3. The zero-order valence-corrected chi connectivity index (χ0v) is 9.72. The second-order valence-electron chi connectivity index (χ2n) is 4.00. The Hall–Kier alpha value is -2.57. The highest BCUT2D eigenvalue weighted by Crippen LogP contribution is 2.23. The van der Waals surface area contributed by atoms with Gasteiger partial charge in [0.05, 0.1) is 17.8 Å². The van der Waals surface area contributed by atoms with Crippen molar-refractivity contribution < 1.29 is 8.78 Å². The third kappa shape index (κ3) is 1.88. The topological polar surface area (TPSA) is 69.6 Å². The molecule has 3 aromatic rings. The van der Waals surface area contributed by atoms with Gasteiger partial charge in [0.2, 0.25) is 5.95 Å². The molecule has 2 aromatic heterocycles. The Morgan fingerprint density at radius 1 is 1.21 bits per heavy atom. The number of fused-ring (bicyclic) bond motifs is 1. The van der Waals surface area contributed by atoms with Gasteiger partial charge in [-0.25, -0.2) is 13.8 Å². The zero-order valence-electron chi connectivity index (χ0n) is 9.72. The maximum atomic E-state index is 13.8. The Morgan fingerprint density at radius 3 is 2.79 bits per heavy atom. The van der Waals surface area contributed by atoms with E-state index in [1.807, 2.05) is 0 Å². The van der Waals surface area contributed by atoms with Crippen LogP contribution in [0.2, 0.25) is 0 Å². The van der Waals surface area contributed by atoms with Gasteiger partial charge in [0.25, 0.3) is 0 Å². The highest BCUT2D eigenvalue weighted by atomic mass is 19.2. The molecular weight excluding hydrogens is 252 g/mol. The summed E-state index contributed by atoms with van der Waals surface area (Å²) in [5.41, 5.74) is 6.65. The zero-order chi connectivity index (χ0) is 13.4. The van der Waals surface area contributed by atoms with E-state index in [2.05, 4.69) is 15.2 Å². The average molecular weight is 261 g/mol. The maximum absolute atomic E-state index is 13.8. The van der Waals surface area contributed by atoms with Crippen molar-refractivity contribution >= 4 is 17.0 Å². The highest BCUT2D eigenvalue weighted by molar-refractivity contribution is 5.79. The number of imidazole rings is 1. The molecule has 0 spiro atoms. The van der Waals surface area contributed by atoms with Gasteiger partial charge < -0.3 is 10.3 Å². The summed E-state index contributed by atoms with van der Waals surface area (Å²) in [6.07, 6.45) is 1.53. The smallest absolute Gasteiger partial charge is 0.201 e. The van der Waals surface area contributed by atoms with Crippen molar-refractivity contribution in [2.24, 2.45) is 0 Å². The van der Waals surface area contributed by atoms with Crippen molar-refractivity contribution in [1.82, 2.24) is 19.7 Å². The number of nitrogens with zero attached hydrogens (tertiary/aromatic N) is 4. The lowest BCUT2D eigenvalue weighted by Gasteiger charge is -2.06. The maximum Gasteiger partial charge on any atom is 0.201 e. The van der Waals surface area contributed by atoms with E-state index in [9.17, 15) is 8.78 Å². The Bertz CT molecular complexity index is 739. The van der Waals surface area contributed by atoms with Crippen LogP contribution in [0.1, 0.15) is 5.69 Å². The second kappa shape index (κ2) is 4.27. The van der Waals surface area contributed by atoms with E-state index in [0.29, 0.717) is 11.2 Å². The molecular formula is C12H9F2N5. The molecule has 96 valence electrons. The van der Waals surface area contributed by atoms with Crippen LogP contribution in [0, 0.1) is 11.6 Å². The van der Waals surface area contributed by atoms with Crippen LogP contribution in [-0.2, 0) is 6.54 Å². The summed E-state index contributed by atoms with van der Waals surface area (Å²) in [4.78, 5) is 4.00. The van der Waals surface area contributed by atoms with Crippen LogP contribution in [0.25, 0.3) is 11.0 Å². The largest absolute Gasteiger partial charge is 0.369 e. The number of benzene rings is 1.